The lowest BCUT2D eigenvalue weighted by molar-refractivity contribution is -0.402. The van der Waals surface area contributed by atoms with E-state index in [9.17, 15) is 19.3 Å². The molecular weight excluding hydrogens is 277 g/mol. The van der Waals surface area contributed by atoms with E-state index in [4.69, 9.17) is 4.42 Å². The van der Waals surface area contributed by atoms with E-state index in [0.29, 0.717) is 10.8 Å². The second-order valence-electron chi connectivity index (χ2n) is 4.36. The van der Waals surface area contributed by atoms with Crippen molar-refractivity contribution in [2.75, 3.05) is 0 Å². The number of hydrogen-bond donors (Lipinski definition) is 0. The third kappa shape index (κ3) is 2.16. The zero-order valence-electron chi connectivity index (χ0n) is 10.6. The molecule has 6 heteroatoms. The Kier molecular flexibility index (Phi) is 2.98. The molecule has 0 N–H and O–H groups in total. The maximum atomic E-state index is 13.7. The molecule has 1 heterocycles. The van der Waals surface area contributed by atoms with Crippen LogP contribution in [-0.2, 0) is 0 Å². The van der Waals surface area contributed by atoms with Gasteiger partial charge in [-0.15, -0.1) is 0 Å². The number of nitro groups is 1. The van der Waals surface area contributed by atoms with Gasteiger partial charge in [0.05, 0.1) is 6.07 Å². The second-order valence-corrected chi connectivity index (χ2v) is 4.36. The molecule has 0 aliphatic heterocycles. The van der Waals surface area contributed by atoms with E-state index in [1.165, 1.54) is 18.2 Å². The molecule has 0 fully saturated rings. The van der Waals surface area contributed by atoms with Crippen LogP contribution in [-0.4, -0.2) is 10.7 Å². The van der Waals surface area contributed by atoms with E-state index in [0.717, 1.165) is 6.07 Å². The molecule has 0 amide bonds. The summed E-state index contributed by atoms with van der Waals surface area (Å²) in [6, 6.07) is 11.4. The normalized spacial score (nSPS) is 10.7. The minimum atomic E-state index is -0.723. The zero-order chi connectivity index (χ0) is 15.0. The van der Waals surface area contributed by atoms with Crippen molar-refractivity contribution in [2.24, 2.45) is 0 Å². The Balaban J connectivity index is 2.13. The molecule has 0 aliphatic carbocycles. The first-order valence-corrected chi connectivity index (χ1v) is 6.04. The highest BCUT2D eigenvalue weighted by Crippen LogP contribution is 2.25. The fourth-order valence-corrected chi connectivity index (χ4v) is 2.14. The van der Waals surface area contributed by atoms with Gasteiger partial charge in [0, 0.05) is 10.9 Å². The molecular formula is C15H8FNO4. The van der Waals surface area contributed by atoms with Gasteiger partial charge in [-0.05, 0) is 23.6 Å². The van der Waals surface area contributed by atoms with Crippen molar-refractivity contribution in [1.82, 2.24) is 0 Å². The average molecular weight is 285 g/mol. The van der Waals surface area contributed by atoms with Gasteiger partial charge in [0.25, 0.3) is 0 Å². The number of halogens is 1. The summed E-state index contributed by atoms with van der Waals surface area (Å²) in [5.74, 6) is -1.63. The first kappa shape index (κ1) is 13.0. The van der Waals surface area contributed by atoms with Gasteiger partial charge in [-0.2, -0.15) is 0 Å². The highest BCUT2D eigenvalue weighted by Gasteiger charge is 2.20. The largest absolute Gasteiger partial charge is 0.433 e. The van der Waals surface area contributed by atoms with E-state index < -0.39 is 22.4 Å². The molecule has 0 radical (unpaired) electrons. The number of ketones is 1. The summed E-state index contributed by atoms with van der Waals surface area (Å²) in [4.78, 5) is 22.2. The highest BCUT2D eigenvalue weighted by atomic mass is 19.1. The number of carbonyl (C=O) groups is 1. The topological polar surface area (TPSA) is 73.3 Å². The predicted molar refractivity (Wildman–Crippen MR) is 72.7 cm³/mol. The summed E-state index contributed by atoms with van der Waals surface area (Å²) in [6.07, 6.45) is 0. The van der Waals surface area contributed by atoms with E-state index in [1.807, 2.05) is 0 Å². The molecule has 104 valence electrons. The summed E-state index contributed by atoms with van der Waals surface area (Å²) in [5, 5.41) is 11.3. The fraction of sp³-hybridized carbons (Fsp3) is 0. The summed E-state index contributed by atoms with van der Waals surface area (Å²) < 4.78 is 18.6. The van der Waals surface area contributed by atoms with Crippen LogP contribution in [0.2, 0.25) is 0 Å². The number of nitrogens with zero attached hydrogens (tertiary/aromatic N) is 1. The van der Waals surface area contributed by atoms with E-state index in [2.05, 4.69) is 0 Å². The lowest BCUT2D eigenvalue weighted by Crippen LogP contribution is -2.01. The van der Waals surface area contributed by atoms with Crippen molar-refractivity contribution in [3.05, 3.63) is 75.8 Å². The molecule has 1 aromatic heterocycles. The summed E-state index contributed by atoms with van der Waals surface area (Å²) in [7, 11) is 0. The smallest absolute Gasteiger partial charge is 0.397 e. The van der Waals surface area contributed by atoms with Crippen LogP contribution in [0.25, 0.3) is 10.8 Å². The molecule has 0 atom stereocenters. The molecule has 0 spiro atoms. The Morgan fingerprint density at radius 3 is 2.43 bits per heavy atom. The van der Waals surface area contributed by atoms with Gasteiger partial charge < -0.3 is 4.42 Å². The van der Waals surface area contributed by atoms with Gasteiger partial charge in [0.1, 0.15) is 10.7 Å². The summed E-state index contributed by atoms with van der Waals surface area (Å²) >= 11 is 0. The van der Waals surface area contributed by atoms with Crippen LogP contribution in [0.1, 0.15) is 16.1 Å². The lowest BCUT2D eigenvalue weighted by Gasteiger charge is -2.04. The zero-order valence-corrected chi connectivity index (χ0v) is 10.6. The molecule has 21 heavy (non-hydrogen) atoms. The minimum Gasteiger partial charge on any atom is -0.397 e. The highest BCUT2D eigenvalue weighted by molar-refractivity contribution is 6.15. The van der Waals surface area contributed by atoms with Crippen molar-refractivity contribution in [2.45, 2.75) is 0 Å². The van der Waals surface area contributed by atoms with Crippen molar-refractivity contribution in [1.29, 1.82) is 0 Å². The Labute approximate surface area is 117 Å². The Bertz CT molecular complexity index is 869. The SMILES string of the molecule is O=C(c1ccc([N+](=O)[O-])o1)c1ccc(F)c2ccccc12. The maximum Gasteiger partial charge on any atom is 0.433 e. The van der Waals surface area contributed by atoms with Gasteiger partial charge in [0.15, 0.2) is 5.76 Å². The van der Waals surface area contributed by atoms with Crippen LogP contribution < -0.4 is 0 Å². The van der Waals surface area contributed by atoms with Crippen LogP contribution in [0.5, 0.6) is 0 Å². The number of rotatable bonds is 3. The summed E-state index contributed by atoms with van der Waals surface area (Å²) in [5.41, 5.74) is 0.233. The van der Waals surface area contributed by atoms with Gasteiger partial charge in [-0.3, -0.25) is 14.9 Å². The van der Waals surface area contributed by atoms with E-state index in [-0.39, 0.29) is 11.3 Å². The minimum absolute atomic E-state index is 0.154. The molecule has 3 aromatic rings. The van der Waals surface area contributed by atoms with Crippen LogP contribution in [0, 0.1) is 15.9 Å². The molecule has 5 nitrogen and oxygen atoms in total. The van der Waals surface area contributed by atoms with Crippen LogP contribution in [0.3, 0.4) is 0 Å². The van der Waals surface area contributed by atoms with Crippen molar-refractivity contribution in [3.63, 3.8) is 0 Å². The molecule has 0 saturated carbocycles. The predicted octanol–water partition coefficient (Wildman–Crippen LogP) is 3.71. The Hall–Kier alpha value is -3.02. The van der Waals surface area contributed by atoms with Gasteiger partial charge >= 0.3 is 5.88 Å². The molecule has 0 aliphatic rings. The number of carbonyl (C=O) groups excluding carboxylic acids is 1. The third-order valence-electron chi connectivity index (χ3n) is 3.11. The second kappa shape index (κ2) is 4.82. The third-order valence-corrected chi connectivity index (χ3v) is 3.11. The summed E-state index contributed by atoms with van der Waals surface area (Å²) in [6.45, 7) is 0. The first-order chi connectivity index (χ1) is 10.1. The molecule has 0 saturated heterocycles. The van der Waals surface area contributed by atoms with Gasteiger partial charge in [-0.1, -0.05) is 24.3 Å². The van der Waals surface area contributed by atoms with Gasteiger partial charge in [-0.25, -0.2) is 4.39 Å². The van der Waals surface area contributed by atoms with Crippen molar-refractivity contribution < 1.29 is 18.5 Å². The van der Waals surface area contributed by atoms with Gasteiger partial charge in [0.2, 0.25) is 5.78 Å². The maximum absolute atomic E-state index is 13.7. The van der Waals surface area contributed by atoms with E-state index >= 15 is 0 Å². The van der Waals surface area contributed by atoms with Crippen LogP contribution in [0.15, 0.2) is 52.9 Å². The molecule has 0 bridgehead atoms. The van der Waals surface area contributed by atoms with Crippen LogP contribution in [0.4, 0.5) is 10.3 Å². The van der Waals surface area contributed by atoms with Crippen LogP contribution >= 0.6 is 0 Å². The number of fused-ring (bicyclic) bond motifs is 1. The molecule has 0 unspecified atom stereocenters. The average Bonchev–Trinajstić information content (AvgIpc) is 2.97. The first-order valence-electron chi connectivity index (χ1n) is 6.04. The number of benzene rings is 2. The quantitative estimate of drug-likeness (QED) is 0.417. The van der Waals surface area contributed by atoms with Crippen molar-refractivity contribution >= 4 is 22.4 Å². The molecule has 3 rings (SSSR count). The molecule has 2 aromatic carbocycles. The standard InChI is InChI=1S/C15H8FNO4/c16-12-6-5-11(9-3-1-2-4-10(9)12)15(18)13-7-8-14(21-13)17(19)20/h1-8H. The number of hydrogen-bond acceptors (Lipinski definition) is 4. The lowest BCUT2D eigenvalue weighted by atomic mass is 10.00. The van der Waals surface area contributed by atoms with Crippen molar-refractivity contribution in [3.8, 4) is 0 Å². The van der Waals surface area contributed by atoms with E-state index in [1.54, 1.807) is 24.3 Å². The monoisotopic (exact) mass is 285 g/mol. The Morgan fingerprint density at radius 2 is 1.76 bits per heavy atom. The Morgan fingerprint density at radius 1 is 1.05 bits per heavy atom. The number of furan rings is 1. The fourth-order valence-electron chi connectivity index (χ4n) is 2.14.